The Labute approximate surface area is 130 Å². The number of aromatic nitrogens is 1. The molecule has 3 aromatic rings. The van der Waals surface area contributed by atoms with Gasteiger partial charge in [0, 0.05) is 23.1 Å². The topological polar surface area (TPSA) is 37.0 Å². The zero-order valence-corrected chi connectivity index (χ0v) is 12.9. The van der Waals surface area contributed by atoms with Crippen molar-refractivity contribution in [2.24, 2.45) is 0 Å². The molecule has 22 heavy (non-hydrogen) atoms. The Kier molecular flexibility index (Phi) is 3.16. The number of methoxy groups -OCH3 is 1. The molecule has 0 fully saturated rings. The molecule has 0 bridgehead atoms. The average molecular weight is 292 g/mol. The van der Waals surface area contributed by atoms with Gasteiger partial charge in [-0.25, -0.2) is 0 Å². The quantitative estimate of drug-likeness (QED) is 0.755. The van der Waals surface area contributed by atoms with Crippen LogP contribution in [0.25, 0.3) is 10.9 Å². The van der Waals surface area contributed by atoms with Gasteiger partial charge < -0.3 is 15.0 Å². The van der Waals surface area contributed by atoms with E-state index < -0.39 is 0 Å². The van der Waals surface area contributed by atoms with Crippen LogP contribution >= 0.6 is 0 Å². The first-order valence-corrected chi connectivity index (χ1v) is 7.74. The molecule has 2 aromatic carbocycles. The molecule has 0 spiro atoms. The largest absolute Gasteiger partial charge is 0.497 e. The van der Waals surface area contributed by atoms with Crippen molar-refractivity contribution < 1.29 is 4.74 Å². The van der Waals surface area contributed by atoms with E-state index in [4.69, 9.17) is 4.74 Å². The van der Waals surface area contributed by atoms with E-state index in [-0.39, 0.29) is 6.04 Å². The number of nitrogens with one attached hydrogen (secondary N) is 2. The highest BCUT2D eigenvalue weighted by atomic mass is 16.5. The number of H-pyrrole nitrogens is 1. The minimum absolute atomic E-state index is 0.239. The van der Waals surface area contributed by atoms with Crippen LogP contribution in [-0.4, -0.2) is 18.6 Å². The highest BCUT2D eigenvalue weighted by Crippen LogP contribution is 2.34. The van der Waals surface area contributed by atoms with Crippen molar-refractivity contribution in [2.75, 3.05) is 13.7 Å². The van der Waals surface area contributed by atoms with Gasteiger partial charge in [-0.2, -0.15) is 0 Å². The van der Waals surface area contributed by atoms with Crippen LogP contribution in [-0.2, 0) is 6.42 Å². The maximum absolute atomic E-state index is 5.38. The summed E-state index contributed by atoms with van der Waals surface area (Å²) in [5.41, 5.74) is 6.49. The van der Waals surface area contributed by atoms with Crippen molar-refractivity contribution >= 4 is 10.9 Å². The first kappa shape index (κ1) is 13.4. The molecule has 4 rings (SSSR count). The summed E-state index contributed by atoms with van der Waals surface area (Å²) in [6.07, 6.45) is 1.05. The van der Waals surface area contributed by atoms with Crippen LogP contribution < -0.4 is 10.1 Å². The van der Waals surface area contributed by atoms with Crippen LogP contribution in [0.1, 0.15) is 28.4 Å². The third-order valence-corrected chi connectivity index (χ3v) is 4.57. The summed E-state index contributed by atoms with van der Waals surface area (Å²) in [5.74, 6) is 0.916. The Morgan fingerprint density at radius 2 is 1.91 bits per heavy atom. The van der Waals surface area contributed by atoms with E-state index in [0.717, 1.165) is 18.7 Å². The number of aryl methyl sites for hydroxylation is 1. The minimum atomic E-state index is 0.239. The second-order valence-corrected chi connectivity index (χ2v) is 5.98. The first-order chi connectivity index (χ1) is 10.8. The summed E-state index contributed by atoms with van der Waals surface area (Å²) < 4.78 is 5.38. The van der Waals surface area contributed by atoms with Crippen LogP contribution in [0, 0.1) is 6.92 Å². The predicted octanol–water partition coefficient (Wildman–Crippen LogP) is 3.72. The van der Waals surface area contributed by atoms with E-state index in [2.05, 4.69) is 53.6 Å². The summed E-state index contributed by atoms with van der Waals surface area (Å²) in [6, 6.07) is 15.3. The molecule has 112 valence electrons. The van der Waals surface area contributed by atoms with Crippen LogP contribution in [0.15, 0.2) is 42.5 Å². The molecule has 2 N–H and O–H groups in total. The van der Waals surface area contributed by atoms with E-state index in [9.17, 15) is 0 Å². The van der Waals surface area contributed by atoms with Gasteiger partial charge in [0.15, 0.2) is 0 Å². The highest BCUT2D eigenvalue weighted by molar-refractivity contribution is 5.86. The Morgan fingerprint density at radius 1 is 1.09 bits per heavy atom. The third-order valence-electron chi connectivity index (χ3n) is 4.57. The third kappa shape index (κ3) is 2.09. The summed E-state index contributed by atoms with van der Waals surface area (Å²) >= 11 is 0. The van der Waals surface area contributed by atoms with Gasteiger partial charge in [-0.05, 0) is 42.7 Å². The summed E-state index contributed by atoms with van der Waals surface area (Å²) in [6.45, 7) is 3.12. The zero-order chi connectivity index (χ0) is 15.1. The lowest BCUT2D eigenvalue weighted by Crippen LogP contribution is -2.30. The molecule has 2 heterocycles. The molecule has 0 aliphatic carbocycles. The zero-order valence-electron chi connectivity index (χ0n) is 12.9. The number of fused-ring (bicyclic) bond motifs is 3. The van der Waals surface area contributed by atoms with Gasteiger partial charge in [0.25, 0.3) is 0 Å². The normalized spacial score (nSPS) is 17.5. The molecule has 0 amide bonds. The van der Waals surface area contributed by atoms with Gasteiger partial charge in [-0.1, -0.05) is 29.8 Å². The van der Waals surface area contributed by atoms with Crippen molar-refractivity contribution in [3.8, 4) is 5.75 Å². The summed E-state index contributed by atoms with van der Waals surface area (Å²) in [4.78, 5) is 3.61. The van der Waals surface area contributed by atoms with Gasteiger partial charge >= 0.3 is 0 Å². The first-order valence-electron chi connectivity index (χ1n) is 7.74. The van der Waals surface area contributed by atoms with E-state index in [1.54, 1.807) is 7.11 Å². The number of hydrogen-bond donors (Lipinski definition) is 2. The lowest BCUT2D eigenvalue weighted by Gasteiger charge is -2.25. The number of ether oxygens (including phenoxy) is 1. The van der Waals surface area contributed by atoms with Crippen LogP contribution in [0.4, 0.5) is 0 Å². The molecule has 3 heteroatoms. The van der Waals surface area contributed by atoms with E-state index in [1.807, 2.05) is 6.07 Å². The Bertz CT molecular complexity index is 817. The Morgan fingerprint density at radius 3 is 2.68 bits per heavy atom. The molecule has 0 radical (unpaired) electrons. The number of rotatable bonds is 2. The van der Waals surface area contributed by atoms with E-state index in [1.165, 1.54) is 33.3 Å². The number of aromatic amines is 1. The van der Waals surface area contributed by atoms with Gasteiger partial charge in [-0.3, -0.25) is 0 Å². The second-order valence-electron chi connectivity index (χ2n) is 5.98. The van der Waals surface area contributed by atoms with Crippen LogP contribution in [0.3, 0.4) is 0 Å². The second kappa shape index (κ2) is 5.18. The fourth-order valence-corrected chi connectivity index (χ4v) is 3.38. The molecule has 0 unspecified atom stereocenters. The monoisotopic (exact) mass is 292 g/mol. The lowest BCUT2D eigenvalue weighted by atomic mass is 9.94. The van der Waals surface area contributed by atoms with E-state index in [0.29, 0.717) is 0 Å². The average Bonchev–Trinajstić information content (AvgIpc) is 2.93. The van der Waals surface area contributed by atoms with Crippen molar-refractivity contribution in [1.82, 2.24) is 10.3 Å². The number of hydrogen-bond acceptors (Lipinski definition) is 2. The molecule has 1 atom stereocenters. The van der Waals surface area contributed by atoms with Crippen molar-refractivity contribution in [3.05, 3.63) is 64.8 Å². The SMILES string of the molecule is COc1ccc2[nH]c3c(c2c1)CCN[C@H]3c1ccc(C)cc1. The molecule has 1 aliphatic heterocycles. The Balaban J connectivity index is 1.85. The van der Waals surface area contributed by atoms with Gasteiger partial charge in [-0.15, -0.1) is 0 Å². The summed E-state index contributed by atoms with van der Waals surface area (Å²) in [7, 11) is 1.72. The molecular weight excluding hydrogens is 272 g/mol. The summed E-state index contributed by atoms with van der Waals surface area (Å²) in [5, 5.41) is 4.92. The molecule has 1 aliphatic rings. The Hall–Kier alpha value is -2.26. The van der Waals surface area contributed by atoms with Crippen molar-refractivity contribution in [1.29, 1.82) is 0 Å². The smallest absolute Gasteiger partial charge is 0.119 e. The fourth-order valence-electron chi connectivity index (χ4n) is 3.38. The minimum Gasteiger partial charge on any atom is -0.497 e. The molecule has 0 saturated heterocycles. The van der Waals surface area contributed by atoms with Gasteiger partial charge in [0.05, 0.1) is 13.2 Å². The molecule has 3 nitrogen and oxygen atoms in total. The van der Waals surface area contributed by atoms with Gasteiger partial charge in [0.1, 0.15) is 5.75 Å². The van der Waals surface area contributed by atoms with Crippen molar-refractivity contribution in [2.45, 2.75) is 19.4 Å². The maximum atomic E-state index is 5.38. The fraction of sp³-hybridized carbons (Fsp3) is 0.263. The standard InChI is InChI=1S/C19H20N2O/c1-12-3-5-13(6-4-12)18-19-15(9-10-20-18)16-11-14(22-2)7-8-17(16)21-19/h3-8,11,18,20-21H,9-10H2,1-2H3/t18-/m0/s1. The number of benzene rings is 2. The highest BCUT2D eigenvalue weighted by Gasteiger charge is 2.25. The predicted molar refractivity (Wildman–Crippen MR) is 89.6 cm³/mol. The van der Waals surface area contributed by atoms with Crippen LogP contribution in [0.5, 0.6) is 5.75 Å². The van der Waals surface area contributed by atoms with Gasteiger partial charge in [0.2, 0.25) is 0 Å². The lowest BCUT2D eigenvalue weighted by molar-refractivity contribution is 0.415. The molecular formula is C19H20N2O. The van der Waals surface area contributed by atoms with Crippen molar-refractivity contribution in [3.63, 3.8) is 0 Å². The molecule has 0 saturated carbocycles. The van der Waals surface area contributed by atoms with Crippen LogP contribution in [0.2, 0.25) is 0 Å². The maximum Gasteiger partial charge on any atom is 0.119 e. The van der Waals surface area contributed by atoms with E-state index >= 15 is 0 Å². The molecule has 1 aromatic heterocycles.